The van der Waals surface area contributed by atoms with Crippen LogP contribution < -0.4 is 14.8 Å². The number of ether oxygens (including phenoxy) is 2. The van der Waals surface area contributed by atoms with Crippen LogP contribution in [0.15, 0.2) is 18.2 Å². The first-order valence-electron chi connectivity index (χ1n) is 5.08. The molecule has 1 radical (unpaired) electrons. The molecule has 1 amide bonds. The Balaban J connectivity index is 2.25. The summed E-state index contributed by atoms with van der Waals surface area (Å²) in [7, 11) is 3.20. The fraction of sp³-hybridized carbons (Fsp3) is 0.333. The molecule has 85 valence electrons. The maximum Gasteiger partial charge on any atom is 0.221 e. The highest BCUT2D eigenvalue weighted by molar-refractivity contribution is 5.82. The lowest BCUT2D eigenvalue weighted by Gasteiger charge is -2.12. The van der Waals surface area contributed by atoms with E-state index < -0.39 is 0 Å². The molecule has 1 fully saturated rings. The summed E-state index contributed by atoms with van der Waals surface area (Å²) in [5, 5.41) is 2.79. The van der Waals surface area contributed by atoms with Gasteiger partial charge in [0.15, 0.2) is 11.5 Å². The van der Waals surface area contributed by atoms with Crippen LogP contribution in [0.3, 0.4) is 0 Å². The number of carbonyl (C=O) groups excluding carboxylic acids is 1. The van der Waals surface area contributed by atoms with E-state index in [0.717, 1.165) is 11.5 Å². The summed E-state index contributed by atoms with van der Waals surface area (Å²) in [4.78, 5) is 11.1. The van der Waals surface area contributed by atoms with Crippen LogP contribution in [0.5, 0.6) is 11.5 Å². The third-order valence-corrected chi connectivity index (χ3v) is 2.66. The number of nitrogens with one attached hydrogen (secondary N) is 1. The van der Waals surface area contributed by atoms with Crippen molar-refractivity contribution in [3.8, 4) is 11.5 Å². The molecule has 2 rings (SSSR count). The van der Waals surface area contributed by atoms with Crippen molar-refractivity contribution in [3.63, 3.8) is 0 Å². The molecule has 1 heterocycles. The Bertz CT molecular complexity index is 403. The van der Waals surface area contributed by atoms with Gasteiger partial charge in [-0.25, -0.2) is 0 Å². The number of hydrogen-bond acceptors (Lipinski definition) is 3. The third kappa shape index (κ3) is 1.96. The van der Waals surface area contributed by atoms with Crippen LogP contribution in [0.25, 0.3) is 0 Å². The molecule has 0 atom stereocenters. The Morgan fingerprint density at radius 3 is 2.50 bits per heavy atom. The molecule has 1 N–H and O–H groups in total. The van der Waals surface area contributed by atoms with Gasteiger partial charge in [0.2, 0.25) is 5.91 Å². The van der Waals surface area contributed by atoms with Crippen molar-refractivity contribution < 1.29 is 14.3 Å². The third-order valence-electron chi connectivity index (χ3n) is 2.66. The fourth-order valence-electron chi connectivity index (χ4n) is 1.78. The highest BCUT2D eigenvalue weighted by Gasteiger charge is 2.24. The van der Waals surface area contributed by atoms with Crippen molar-refractivity contribution in [1.82, 2.24) is 5.32 Å². The first-order chi connectivity index (χ1) is 7.74. The Kier molecular flexibility index (Phi) is 2.99. The van der Waals surface area contributed by atoms with Crippen LogP contribution in [-0.2, 0) is 4.79 Å². The minimum Gasteiger partial charge on any atom is -0.493 e. The highest BCUT2D eigenvalue weighted by atomic mass is 16.5. The van der Waals surface area contributed by atoms with E-state index in [1.807, 2.05) is 18.2 Å². The van der Waals surface area contributed by atoms with Gasteiger partial charge >= 0.3 is 0 Å². The summed E-state index contributed by atoms with van der Waals surface area (Å²) in [6, 6.07) is 5.69. The lowest BCUT2D eigenvalue weighted by molar-refractivity contribution is -0.118. The molecule has 4 heteroatoms. The maximum atomic E-state index is 11.1. The number of carbonyl (C=O) groups is 1. The van der Waals surface area contributed by atoms with E-state index in [9.17, 15) is 4.79 Å². The molecule has 0 spiro atoms. The molecular weight excluding hydrogens is 206 g/mol. The second-order valence-electron chi connectivity index (χ2n) is 3.63. The van der Waals surface area contributed by atoms with Gasteiger partial charge in [0.25, 0.3) is 0 Å². The van der Waals surface area contributed by atoms with Gasteiger partial charge in [0.1, 0.15) is 0 Å². The molecule has 1 saturated heterocycles. The highest BCUT2D eigenvalue weighted by Crippen LogP contribution is 2.32. The SMILES string of the molecule is COc1ccc([C]2CNC(=O)C2)cc1OC. The van der Waals surface area contributed by atoms with E-state index >= 15 is 0 Å². The standard InChI is InChI=1S/C12H14NO3/c1-15-10-4-3-8(5-11(10)16-2)9-6-12(14)13-7-9/h3-5H,6-7H2,1-2H3,(H,13,14). The lowest BCUT2D eigenvalue weighted by atomic mass is 9.98. The zero-order valence-corrected chi connectivity index (χ0v) is 9.37. The fourth-order valence-corrected chi connectivity index (χ4v) is 1.78. The van der Waals surface area contributed by atoms with E-state index in [1.165, 1.54) is 0 Å². The molecule has 1 aromatic rings. The number of rotatable bonds is 3. The van der Waals surface area contributed by atoms with Gasteiger partial charge < -0.3 is 14.8 Å². The van der Waals surface area contributed by atoms with E-state index in [4.69, 9.17) is 9.47 Å². The Labute approximate surface area is 94.6 Å². The first-order valence-corrected chi connectivity index (χ1v) is 5.08. The van der Waals surface area contributed by atoms with Crippen LogP contribution >= 0.6 is 0 Å². The smallest absolute Gasteiger partial charge is 0.221 e. The van der Waals surface area contributed by atoms with Crippen LogP contribution in [0.2, 0.25) is 0 Å². The quantitative estimate of drug-likeness (QED) is 0.831. The van der Waals surface area contributed by atoms with Crippen molar-refractivity contribution in [2.24, 2.45) is 0 Å². The molecule has 1 aliphatic heterocycles. The normalized spacial score (nSPS) is 16.0. The predicted octanol–water partition coefficient (Wildman–Crippen LogP) is 1.15. The summed E-state index contributed by atoms with van der Waals surface area (Å²) in [5.74, 6) is 2.55. The molecule has 0 aromatic heterocycles. The molecule has 0 bridgehead atoms. The predicted molar refractivity (Wildman–Crippen MR) is 59.5 cm³/mol. The van der Waals surface area contributed by atoms with Gasteiger partial charge in [-0.1, -0.05) is 6.07 Å². The van der Waals surface area contributed by atoms with Crippen molar-refractivity contribution in [3.05, 3.63) is 29.7 Å². The number of hydrogen-bond donors (Lipinski definition) is 1. The van der Waals surface area contributed by atoms with E-state index in [-0.39, 0.29) is 5.91 Å². The number of methoxy groups -OCH3 is 2. The van der Waals surface area contributed by atoms with Crippen LogP contribution in [0.4, 0.5) is 0 Å². The van der Waals surface area contributed by atoms with E-state index in [1.54, 1.807) is 14.2 Å². The molecule has 0 saturated carbocycles. The van der Waals surface area contributed by atoms with E-state index in [2.05, 4.69) is 5.32 Å². The minimum atomic E-state index is 0.0739. The topological polar surface area (TPSA) is 47.6 Å². The number of benzene rings is 1. The summed E-state index contributed by atoms with van der Waals surface area (Å²) in [6.45, 7) is 0.619. The first kappa shape index (κ1) is 10.8. The monoisotopic (exact) mass is 220 g/mol. The van der Waals surface area contributed by atoms with Crippen molar-refractivity contribution in [2.45, 2.75) is 6.42 Å². The van der Waals surface area contributed by atoms with Gasteiger partial charge in [-0.2, -0.15) is 0 Å². The van der Waals surface area contributed by atoms with Crippen molar-refractivity contribution in [2.75, 3.05) is 20.8 Å². The van der Waals surface area contributed by atoms with Crippen LogP contribution in [0.1, 0.15) is 12.0 Å². The Morgan fingerprint density at radius 2 is 1.94 bits per heavy atom. The average molecular weight is 220 g/mol. The Hall–Kier alpha value is -1.71. The Morgan fingerprint density at radius 1 is 1.19 bits per heavy atom. The molecule has 4 nitrogen and oxygen atoms in total. The zero-order valence-electron chi connectivity index (χ0n) is 9.37. The molecule has 1 aliphatic rings. The molecular formula is C12H14NO3. The van der Waals surface area contributed by atoms with E-state index in [0.29, 0.717) is 24.5 Å². The summed E-state index contributed by atoms with van der Waals surface area (Å²) in [6.07, 6.45) is 0.468. The largest absolute Gasteiger partial charge is 0.493 e. The van der Waals surface area contributed by atoms with Gasteiger partial charge in [0, 0.05) is 18.9 Å². The van der Waals surface area contributed by atoms with Crippen LogP contribution in [0, 0.1) is 5.92 Å². The zero-order chi connectivity index (χ0) is 11.5. The molecule has 0 unspecified atom stereocenters. The second-order valence-corrected chi connectivity index (χ2v) is 3.63. The molecule has 1 aromatic carbocycles. The van der Waals surface area contributed by atoms with Crippen molar-refractivity contribution >= 4 is 5.91 Å². The van der Waals surface area contributed by atoms with Crippen molar-refractivity contribution in [1.29, 1.82) is 0 Å². The minimum absolute atomic E-state index is 0.0739. The van der Waals surface area contributed by atoms with Gasteiger partial charge in [-0.05, 0) is 17.7 Å². The van der Waals surface area contributed by atoms with Gasteiger partial charge in [0.05, 0.1) is 14.2 Å². The average Bonchev–Trinajstić information content (AvgIpc) is 2.75. The number of amides is 1. The maximum absolute atomic E-state index is 11.1. The van der Waals surface area contributed by atoms with Gasteiger partial charge in [-0.15, -0.1) is 0 Å². The summed E-state index contributed by atoms with van der Waals surface area (Å²) in [5.41, 5.74) is 1.02. The molecule has 16 heavy (non-hydrogen) atoms. The van der Waals surface area contributed by atoms with Gasteiger partial charge in [-0.3, -0.25) is 4.79 Å². The second kappa shape index (κ2) is 4.43. The summed E-state index contributed by atoms with van der Waals surface area (Å²) >= 11 is 0. The molecule has 0 aliphatic carbocycles. The summed E-state index contributed by atoms with van der Waals surface area (Å²) < 4.78 is 10.4. The van der Waals surface area contributed by atoms with Crippen LogP contribution in [-0.4, -0.2) is 26.7 Å². The lowest BCUT2D eigenvalue weighted by Crippen LogP contribution is -2.13.